The maximum absolute atomic E-state index is 11.7. The molecule has 0 spiro atoms. The number of benzene rings is 1. The van der Waals surface area contributed by atoms with Crippen molar-refractivity contribution >= 4 is 28.2 Å². The molecule has 3 N–H and O–H groups in total. The molecule has 0 bridgehead atoms. The summed E-state index contributed by atoms with van der Waals surface area (Å²) in [6, 6.07) is 6.70. The number of rotatable bonds is 3. The first-order valence-corrected chi connectivity index (χ1v) is 6.71. The van der Waals surface area contributed by atoms with Crippen molar-refractivity contribution < 1.29 is 9.90 Å². The van der Waals surface area contributed by atoms with Crippen LogP contribution in [0.4, 0.5) is 15.6 Å². The summed E-state index contributed by atoms with van der Waals surface area (Å²) < 4.78 is 0. The van der Waals surface area contributed by atoms with Gasteiger partial charge in [-0.05, 0) is 31.5 Å². The molecule has 0 saturated heterocycles. The van der Waals surface area contributed by atoms with Crippen LogP contribution in [0.1, 0.15) is 24.3 Å². The van der Waals surface area contributed by atoms with Crippen molar-refractivity contribution in [2.75, 3.05) is 10.6 Å². The summed E-state index contributed by atoms with van der Waals surface area (Å²) in [4.78, 5) is 15.8. The zero-order chi connectivity index (χ0) is 13.8. The van der Waals surface area contributed by atoms with Crippen LogP contribution in [0.15, 0.2) is 29.6 Å². The molecular weight excluding hydrogens is 262 g/mol. The smallest absolute Gasteiger partial charge is 0.325 e. The van der Waals surface area contributed by atoms with Crippen molar-refractivity contribution in [1.82, 2.24) is 4.98 Å². The van der Waals surface area contributed by atoms with E-state index < -0.39 is 6.10 Å². The highest BCUT2D eigenvalue weighted by molar-refractivity contribution is 7.13. The van der Waals surface area contributed by atoms with E-state index in [9.17, 15) is 9.90 Å². The van der Waals surface area contributed by atoms with Crippen LogP contribution in [0.2, 0.25) is 0 Å². The zero-order valence-electron chi connectivity index (χ0n) is 10.7. The molecular formula is C13H15N3O2S. The van der Waals surface area contributed by atoms with Crippen molar-refractivity contribution in [2.24, 2.45) is 0 Å². The predicted octanol–water partition coefficient (Wildman–Crippen LogP) is 3.15. The van der Waals surface area contributed by atoms with E-state index in [0.29, 0.717) is 10.8 Å². The maximum Gasteiger partial charge on any atom is 0.325 e. The van der Waals surface area contributed by atoms with E-state index in [2.05, 4.69) is 15.6 Å². The van der Waals surface area contributed by atoms with Gasteiger partial charge in [-0.15, -0.1) is 11.3 Å². The highest BCUT2D eigenvalue weighted by Gasteiger charge is 2.06. The summed E-state index contributed by atoms with van der Waals surface area (Å²) in [6.45, 7) is 3.56. The number of aliphatic hydroxyl groups is 1. The summed E-state index contributed by atoms with van der Waals surface area (Å²) in [7, 11) is 0. The molecule has 1 aromatic heterocycles. The van der Waals surface area contributed by atoms with E-state index in [1.807, 2.05) is 12.3 Å². The lowest BCUT2D eigenvalue weighted by atomic mass is 10.1. The first kappa shape index (κ1) is 13.5. The fraction of sp³-hybridized carbons (Fsp3) is 0.231. The number of urea groups is 1. The van der Waals surface area contributed by atoms with Crippen LogP contribution in [-0.2, 0) is 0 Å². The summed E-state index contributed by atoms with van der Waals surface area (Å²) in [6.07, 6.45) is -0.513. The molecule has 5 nitrogen and oxygen atoms in total. The van der Waals surface area contributed by atoms with Crippen LogP contribution in [0.5, 0.6) is 0 Å². The number of carbonyl (C=O) groups excluding carboxylic acids is 1. The Kier molecular flexibility index (Phi) is 4.13. The van der Waals surface area contributed by atoms with Crippen LogP contribution in [0.3, 0.4) is 0 Å². The number of anilines is 2. The molecule has 100 valence electrons. The lowest BCUT2D eigenvalue weighted by Gasteiger charge is -2.08. The van der Waals surface area contributed by atoms with Crippen LogP contribution in [0.25, 0.3) is 0 Å². The van der Waals surface area contributed by atoms with Gasteiger partial charge >= 0.3 is 6.03 Å². The number of aromatic nitrogens is 1. The first-order valence-electron chi connectivity index (χ1n) is 5.83. The third-order valence-corrected chi connectivity index (χ3v) is 3.37. The number of carbonyl (C=O) groups is 1. The monoisotopic (exact) mass is 277 g/mol. The first-order chi connectivity index (χ1) is 9.04. The molecule has 0 fully saturated rings. The summed E-state index contributed by atoms with van der Waals surface area (Å²) in [5.74, 6) is 0. The quantitative estimate of drug-likeness (QED) is 0.806. The van der Waals surface area contributed by atoms with Crippen molar-refractivity contribution in [3.63, 3.8) is 0 Å². The van der Waals surface area contributed by atoms with Crippen LogP contribution >= 0.6 is 11.3 Å². The van der Waals surface area contributed by atoms with E-state index in [4.69, 9.17) is 0 Å². The van der Waals surface area contributed by atoms with Gasteiger partial charge in [-0.25, -0.2) is 9.78 Å². The second-order valence-electron chi connectivity index (χ2n) is 4.17. The number of aryl methyl sites for hydroxylation is 1. The van der Waals surface area contributed by atoms with E-state index in [1.54, 1.807) is 31.2 Å². The standard InChI is InChI=1S/C13H15N3O2S/c1-8-7-19-13(14-8)16-12(18)15-11-5-3-10(4-6-11)9(2)17/h3-7,9,17H,1-2H3,(H2,14,15,16,18). The average molecular weight is 277 g/mol. The number of amides is 2. The Morgan fingerprint density at radius 2 is 2.00 bits per heavy atom. The van der Waals surface area contributed by atoms with E-state index in [1.165, 1.54) is 11.3 Å². The Balaban J connectivity index is 1.95. The highest BCUT2D eigenvalue weighted by atomic mass is 32.1. The number of hydrogen-bond donors (Lipinski definition) is 3. The minimum Gasteiger partial charge on any atom is -0.389 e. The molecule has 0 saturated carbocycles. The van der Waals surface area contributed by atoms with E-state index in [0.717, 1.165) is 11.3 Å². The van der Waals surface area contributed by atoms with Crippen LogP contribution in [-0.4, -0.2) is 16.1 Å². The molecule has 0 radical (unpaired) electrons. The average Bonchev–Trinajstić information content (AvgIpc) is 2.75. The van der Waals surface area contributed by atoms with Gasteiger partial charge in [0.2, 0.25) is 0 Å². The minimum absolute atomic E-state index is 0.334. The molecule has 1 atom stereocenters. The zero-order valence-corrected chi connectivity index (χ0v) is 11.5. The van der Waals surface area contributed by atoms with E-state index in [-0.39, 0.29) is 6.03 Å². The van der Waals surface area contributed by atoms with Crippen molar-refractivity contribution in [1.29, 1.82) is 0 Å². The molecule has 2 aromatic rings. The number of hydrogen-bond acceptors (Lipinski definition) is 4. The normalized spacial score (nSPS) is 11.9. The molecule has 1 unspecified atom stereocenters. The third kappa shape index (κ3) is 3.77. The number of nitrogens with zero attached hydrogens (tertiary/aromatic N) is 1. The van der Waals surface area contributed by atoms with Gasteiger partial charge in [0.15, 0.2) is 5.13 Å². The second kappa shape index (κ2) is 5.81. The fourth-order valence-electron chi connectivity index (χ4n) is 1.52. The molecule has 6 heteroatoms. The van der Waals surface area contributed by atoms with Crippen molar-refractivity contribution in [3.8, 4) is 0 Å². The number of thiazole rings is 1. The molecule has 2 rings (SSSR count). The molecule has 1 aromatic carbocycles. The number of aliphatic hydroxyl groups excluding tert-OH is 1. The largest absolute Gasteiger partial charge is 0.389 e. The van der Waals surface area contributed by atoms with Gasteiger partial charge in [-0.2, -0.15) is 0 Å². The molecule has 0 aliphatic heterocycles. The van der Waals surface area contributed by atoms with Gasteiger partial charge in [0.05, 0.1) is 11.8 Å². The third-order valence-electron chi connectivity index (χ3n) is 2.49. The van der Waals surface area contributed by atoms with Gasteiger partial charge in [0.1, 0.15) is 0 Å². The van der Waals surface area contributed by atoms with Crippen molar-refractivity contribution in [2.45, 2.75) is 20.0 Å². The van der Waals surface area contributed by atoms with E-state index >= 15 is 0 Å². The van der Waals surface area contributed by atoms with Crippen LogP contribution in [0, 0.1) is 6.92 Å². The number of nitrogens with one attached hydrogen (secondary N) is 2. The molecule has 2 amide bonds. The summed E-state index contributed by atoms with van der Waals surface area (Å²) in [5, 5.41) is 17.2. The second-order valence-corrected chi connectivity index (χ2v) is 5.03. The molecule has 0 aliphatic rings. The predicted molar refractivity (Wildman–Crippen MR) is 76.6 cm³/mol. The molecule has 0 aliphatic carbocycles. The lowest BCUT2D eigenvalue weighted by molar-refractivity contribution is 0.199. The van der Waals surface area contributed by atoms with Crippen molar-refractivity contribution in [3.05, 3.63) is 40.9 Å². The lowest BCUT2D eigenvalue weighted by Crippen LogP contribution is -2.19. The topological polar surface area (TPSA) is 74.2 Å². The van der Waals surface area contributed by atoms with Gasteiger partial charge in [0.25, 0.3) is 0 Å². The van der Waals surface area contributed by atoms with Gasteiger partial charge in [-0.3, -0.25) is 5.32 Å². The molecule has 1 heterocycles. The SMILES string of the molecule is Cc1csc(NC(=O)Nc2ccc(C(C)O)cc2)n1. The Bertz CT molecular complexity index is 564. The van der Waals surface area contributed by atoms with Gasteiger partial charge in [-0.1, -0.05) is 12.1 Å². The Morgan fingerprint density at radius 1 is 1.32 bits per heavy atom. The minimum atomic E-state index is -0.513. The highest BCUT2D eigenvalue weighted by Crippen LogP contribution is 2.17. The molecule has 19 heavy (non-hydrogen) atoms. The Morgan fingerprint density at radius 3 is 2.53 bits per heavy atom. The summed E-state index contributed by atoms with van der Waals surface area (Å²) in [5.41, 5.74) is 2.35. The van der Waals surface area contributed by atoms with Gasteiger partial charge in [0, 0.05) is 11.1 Å². The maximum atomic E-state index is 11.7. The Hall–Kier alpha value is -1.92. The van der Waals surface area contributed by atoms with Gasteiger partial charge < -0.3 is 10.4 Å². The fourth-order valence-corrected chi connectivity index (χ4v) is 2.20. The van der Waals surface area contributed by atoms with Crippen LogP contribution < -0.4 is 10.6 Å². The Labute approximate surface area is 115 Å². The summed E-state index contributed by atoms with van der Waals surface area (Å²) >= 11 is 1.38.